The Balaban J connectivity index is 1.67. The first-order valence-corrected chi connectivity index (χ1v) is 13.8. The van der Waals surface area contributed by atoms with E-state index in [1.165, 1.54) is 13.3 Å². The van der Waals surface area contributed by atoms with Gasteiger partial charge >= 0.3 is 0 Å². The van der Waals surface area contributed by atoms with Gasteiger partial charge in [0.1, 0.15) is 12.6 Å². The van der Waals surface area contributed by atoms with Crippen molar-refractivity contribution in [3.05, 3.63) is 90.8 Å². The molecule has 0 saturated carbocycles. The van der Waals surface area contributed by atoms with Crippen LogP contribution >= 0.6 is 50.7 Å². The molecule has 0 fully saturated rings. The SMILES string of the molecule is COc1cc(/C=N/NC(=O)C(CC(C)C)NC(=O)c2ccc(Cl)cc2)cc(Br)c1OCc1ccc(Cl)cc1Cl. The van der Waals surface area contributed by atoms with Gasteiger partial charge in [-0.1, -0.05) is 54.7 Å². The first-order valence-electron chi connectivity index (χ1n) is 11.9. The molecule has 3 aromatic rings. The average molecular weight is 656 g/mol. The topological polar surface area (TPSA) is 89.0 Å². The quantitative estimate of drug-likeness (QED) is 0.168. The van der Waals surface area contributed by atoms with Crippen LogP contribution < -0.4 is 20.2 Å². The van der Waals surface area contributed by atoms with Gasteiger partial charge in [0.15, 0.2) is 11.5 Å². The van der Waals surface area contributed by atoms with E-state index in [2.05, 4.69) is 31.8 Å². The maximum atomic E-state index is 12.9. The van der Waals surface area contributed by atoms with Crippen molar-refractivity contribution in [2.24, 2.45) is 11.0 Å². The van der Waals surface area contributed by atoms with Gasteiger partial charge in [0.25, 0.3) is 11.8 Å². The summed E-state index contributed by atoms with van der Waals surface area (Å²) in [6, 6.07) is 14.3. The normalized spacial score (nSPS) is 11.9. The molecule has 2 amide bonds. The molecule has 3 aromatic carbocycles. The monoisotopic (exact) mass is 653 g/mol. The number of hydrogen-bond acceptors (Lipinski definition) is 5. The van der Waals surface area contributed by atoms with Gasteiger partial charge in [0.2, 0.25) is 0 Å². The second-order valence-corrected chi connectivity index (χ2v) is 11.1. The molecule has 0 bridgehead atoms. The third-order valence-electron chi connectivity index (χ3n) is 5.46. The summed E-state index contributed by atoms with van der Waals surface area (Å²) in [5.41, 5.74) is 4.32. The molecular weight excluding hydrogens is 629 g/mol. The van der Waals surface area contributed by atoms with E-state index < -0.39 is 11.9 Å². The Morgan fingerprint density at radius 2 is 1.72 bits per heavy atom. The van der Waals surface area contributed by atoms with Gasteiger partial charge in [-0.2, -0.15) is 5.10 Å². The Bertz CT molecular complexity index is 1350. The molecule has 0 aliphatic heterocycles. The number of rotatable bonds is 11. The molecule has 0 aliphatic rings. The summed E-state index contributed by atoms with van der Waals surface area (Å²) in [6.45, 7) is 4.13. The number of nitrogens with zero attached hydrogens (tertiary/aromatic N) is 1. The predicted octanol–water partition coefficient (Wildman–Crippen LogP) is 7.29. The molecule has 1 unspecified atom stereocenters. The Kier molecular flexibility index (Phi) is 11.5. The lowest BCUT2D eigenvalue weighted by atomic mass is 10.0. The summed E-state index contributed by atoms with van der Waals surface area (Å²) in [6.07, 6.45) is 1.90. The molecule has 206 valence electrons. The van der Waals surface area contributed by atoms with Crippen LogP contribution in [0.25, 0.3) is 0 Å². The molecule has 11 heteroatoms. The highest BCUT2D eigenvalue weighted by Gasteiger charge is 2.22. The number of nitrogens with one attached hydrogen (secondary N) is 2. The number of carbonyl (C=O) groups is 2. The van der Waals surface area contributed by atoms with Crippen molar-refractivity contribution in [3.63, 3.8) is 0 Å². The van der Waals surface area contributed by atoms with Crippen molar-refractivity contribution in [2.45, 2.75) is 32.9 Å². The fraction of sp³-hybridized carbons (Fsp3) is 0.250. The summed E-state index contributed by atoms with van der Waals surface area (Å²) in [4.78, 5) is 25.5. The standard InChI is InChI=1S/C28H27BrCl3N3O4/c1-16(2)10-24(34-27(36)18-4-7-20(30)8-5-18)28(37)35-33-14-17-11-22(29)26(25(12-17)38-3)39-15-19-6-9-21(31)13-23(19)32/h4-9,11-14,16,24H,10,15H2,1-3H3,(H,34,36)(H,35,37)/b33-14+. The zero-order valence-corrected chi connectivity index (χ0v) is 25.3. The lowest BCUT2D eigenvalue weighted by Crippen LogP contribution is -2.46. The highest BCUT2D eigenvalue weighted by molar-refractivity contribution is 9.10. The van der Waals surface area contributed by atoms with Gasteiger partial charge in [-0.3, -0.25) is 9.59 Å². The summed E-state index contributed by atoms with van der Waals surface area (Å²) in [7, 11) is 1.52. The van der Waals surface area contributed by atoms with E-state index in [4.69, 9.17) is 44.3 Å². The van der Waals surface area contributed by atoms with Crippen LogP contribution in [-0.4, -0.2) is 31.2 Å². The van der Waals surface area contributed by atoms with Crippen molar-refractivity contribution in [1.82, 2.24) is 10.7 Å². The second kappa shape index (κ2) is 14.6. The minimum atomic E-state index is -0.776. The molecule has 0 spiro atoms. The molecule has 0 heterocycles. The molecule has 0 aliphatic carbocycles. The molecule has 0 aromatic heterocycles. The van der Waals surface area contributed by atoms with Crippen molar-refractivity contribution >= 4 is 68.8 Å². The largest absolute Gasteiger partial charge is 0.493 e. The molecule has 2 N–H and O–H groups in total. The first-order chi connectivity index (χ1) is 18.6. The van der Waals surface area contributed by atoms with Gasteiger partial charge in [-0.05, 0) is 82.4 Å². The molecule has 1 atom stereocenters. The lowest BCUT2D eigenvalue weighted by molar-refractivity contribution is -0.123. The summed E-state index contributed by atoms with van der Waals surface area (Å²) in [5.74, 6) is 0.279. The van der Waals surface area contributed by atoms with E-state index in [1.54, 1.807) is 54.6 Å². The highest BCUT2D eigenvalue weighted by atomic mass is 79.9. The Hall–Kier alpha value is -2.78. The second-order valence-electron chi connectivity index (χ2n) is 8.96. The van der Waals surface area contributed by atoms with Crippen molar-refractivity contribution in [3.8, 4) is 11.5 Å². The van der Waals surface area contributed by atoms with E-state index in [-0.39, 0.29) is 18.4 Å². The Morgan fingerprint density at radius 1 is 1.03 bits per heavy atom. The molecule has 0 radical (unpaired) electrons. The maximum absolute atomic E-state index is 12.9. The minimum Gasteiger partial charge on any atom is -0.493 e. The van der Waals surface area contributed by atoms with E-state index in [0.717, 1.165) is 5.56 Å². The highest BCUT2D eigenvalue weighted by Crippen LogP contribution is 2.37. The van der Waals surface area contributed by atoms with E-state index in [0.29, 0.717) is 48.6 Å². The van der Waals surface area contributed by atoms with Crippen molar-refractivity contribution < 1.29 is 19.1 Å². The molecule has 0 saturated heterocycles. The van der Waals surface area contributed by atoms with Crippen LogP contribution in [0.4, 0.5) is 0 Å². The van der Waals surface area contributed by atoms with E-state index in [1.807, 2.05) is 13.8 Å². The van der Waals surface area contributed by atoms with Crippen LogP contribution in [0.1, 0.15) is 41.8 Å². The fourth-order valence-electron chi connectivity index (χ4n) is 3.54. The third-order valence-corrected chi connectivity index (χ3v) is 6.89. The van der Waals surface area contributed by atoms with E-state index >= 15 is 0 Å². The zero-order valence-electron chi connectivity index (χ0n) is 21.4. The number of hydrogen-bond donors (Lipinski definition) is 2. The van der Waals surface area contributed by atoms with Crippen molar-refractivity contribution in [1.29, 1.82) is 0 Å². The lowest BCUT2D eigenvalue weighted by Gasteiger charge is -2.19. The van der Waals surface area contributed by atoms with Crippen LogP contribution in [0.15, 0.2) is 64.2 Å². The minimum absolute atomic E-state index is 0.158. The molecular formula is C28H27BrCl3N3O4. The molecule has 7 nitrogen and oxygen atoms in total. The van der Waals surface area contributed by atoms with Gasteiger partial charge < -0.3 is 14.8 Å². The zero-order chi connectivity index (χ0) is 28.5. The maximum Gasteiger partial charge on any atom is 0.262 e. The number of amides is 2. The number of benzene rings is 3. The van der Waals surface area contributed by atoms with Gasteiger partial charge in [0, 0.05) is 26.2 Å². The third kappa shape index (κ3) is 9.14. The summed E-state index contributed by atoms with van der Waals surface area (Å²) in [5, 5.41) is 8.41. The van der Waals surface area contributed by atoms with Crippen LogP contribution in [0.2, 0.25) is 15.1 Å². The summed E-state index contributed by atoms with van der Waals surface area (Å²) >= 11 is 21.6. The average Bonchev–Trinajstić information content (AvgIpc) is 2.88. The summed E-state index contributed by atoms with van der Waals surface area (Å²) < 4.78 is 12.1. The van der Waals surface area contributed by atoms with E-state index in [9.17, 15) is 9.59 Å². The van der Waals surface area contributed by atoms with Crippen LogP contribution in [0, 0.1) is 5.92 Å². The van der Waals surface area contributed by atoms with Crippen LogP contribution in [0.3, 0.4) is 0 Å². The van der Waals surface area contributed by atoms with Crippen LogP contribution in [-0.2, 0) is 11.4 Å². The first kappa shape index (κ1) is 30.8. The number of hydrazone groups is 1. The van der Waals surface area contributed by atoms with Gasteiger partial charge in [0.05, 0.1) is 17.8 Å². The number of carbonyl (C=O) groups excluding carboxylic acids is 2. The van der Waals surface area contributed by atoms with Crippen molar-refractivity contribution in [2.75, 3.05) is 7.11 Å². The smallest absolute Gasteiger partial charge is 0.262 e. The number of halogens is 4. The molecule has 39 heavy (non-hydrogen) atoms. The Labute approximate surface area is 250 Å². The fourth-order valence-corrected chi connectivity index (χ4v) is 4.70. The van der Waals surface area contributed by atoms with Crippen LogP contribution in [0.5, 0.6) is 11.5 Å². The number of methoxy groups -OCH3 is 1. The van der Waals surface area contributed by atoms with Gasteiger partial charge in [-0.25, -0.2) is 5.43 Å². The van der Waals surface area contributed by atoms with Gasteiger partial charge in [-0.15, -0.1) is 0 Å². The Morgan fingerprint density at radius 3 is 2.36 bits per heavy atom. The predicted molar refractivity (Wildman–Crippen MR) is 159 cm³/mol. The molecule has 3 rings (SSSR count). The number of ether oxygens (including phenoxy) is 2.